The molecule has 1 aliphatic heterocycles. The van der Waals surface area contributed by atoms with Crippen LogP contribution in [0.4, 0.5) is 21.9 Å². The number of aromatic carboxylic acids is 1. The van der Waals surface area contributed by atoms with Gasteiger partial charge in [0.15, 0.2) is 0 Å². The average molecular weight is 419 g/mol. The first-order valence-electron chi connectivity index (χ1n) is 8.84. The molecule has 2 N–H and O–H groups in total. The van der Waals surface area contributed by atoms with Crippen LogP contribution < -0.4 is 15.0 Å². The van der Waals surface area contributed by atoms with E-state index in [2.05, 4.69) is 20.3 Å². The third kappa shape index (κ3) is 2.81. The molecule has 0 atom stereocenters. The summed E-state index contributed by atoms with van der Waals surface area (Å²) >= 11 is 1.02. The van der Waals surface area contributed by atoms with Gasteiger partial charge in [-0.05, 0) is 31.2 Å². The lowest BCUT2D eigenvalue weighted by Gasteiger charge is -2.29. The van der Waals surface area contributed by atoms with E-state index in [0.717, 1.165) is 11.3 Å². The second-order valence-electron chi connectivity index (χ2n) is 6.43. The lowest BCUT2D eigenvalue weighted by molar-refractivity contribution is 0.0703. The SMILES string of the molecule is Cc1nc(Oc2cccnc2)ccc1N1C(=O)Nc2c(C(=O)O)sc3nccc1c23. The lowest BCUT2D eigenvalue weighted by atomic mass is 10.1. The fraction of sp³-hybridized carbons (Fsp3) is 0.0500. The van der Waals surface area contributed by atoms with E-state index < -0.39 is 12.0 Å². The van der Waals surface area contributed by atoms with E-state index in [1.54, 1.807) is 55.8 Å². The van der Waals surface area contributed by atoms with Gasteiger partial charge in [-0.2, -0.15) is 0 Å². The Balaban J connectivity index is 1.59. The van der Waals surface area contributed by atoms with Crippen LogP contribution in [-0.4, -0.2) is 32.1 Å². The molecule has 1 aliphatic rings. The molecule has 0 spiro atoms. The molecule has 0 bridgehead atoms. The van der Waals surface area contributed by atoms with Gasteiger partial charge in [-0.3, -0.25) is 9.88 Å². The Kier molecular flexibility index (Phi) is 4.07. The van der Waals surface area contributed by atoms with Crippen LogP contribution in [0.1, 0.15) is 15.4 Å². The minimum Gasteiger partial charge on any atom is -0.477 e. The number of ether oxygens (including phenoxy) is 1. The number of pyridine rings is 3. The van der Waals surface area contributed by atoms with Crippen molar-refractivity contribution < 1.29 is 19.4 Å². The third-order valence-corrected chi connectivity index (χ3v) is 5.66. The van der Waals surface area contributed by atoms with Gasteiger partial charge >= 0.3 is 12.0 Å². The summed E-state index contributed by atoms with van der Waals surface area (Å²) in [6.45, 7) is 1.77. The maximum atomic E-state index is 12.9. The first-order valence-corrected chi connectivity index (χ1v) is 9.66. The highest BCUT2D eigenvalue weighted by Crippen LogP contribution is 2.46. The maximum Gasteiger partial charge on any atom is 0.348 e. The molecule has 9 nitrogen and oxygen atoms in total. The van der Waals surface area contributed by atoms with Gasteiger partial charge < -0.3 is 15.2 Å². The molecule has 2 amide bonds. The molecule has 4 aromatic heterocycles. The number of aromatic nitrogens is 3. The van der Waals surface area contributed by atoms with Crippen molar-refractivity contribution in [2.75, 3.05) is 10.2 Å². The maximum absolute atomic E-state index is 12.9. The van der Waals surface area contributed by atoms with E-state index >= 15 is 0 Å². The molecular formula is C20H13N5O4S. The molecule has 0 aliphatic carbocycles. The number of carboxylic acids is 1. The number of carbonyl (C=O) groups excluding carboxylic acids is 1. The Hall–Kier alpha value is -4.05. The van der Waals surface area contributed by atoms with Crippen LogP contribution >= 0.6 is 11.3 Å². The van der Waals surface area contributed by atoms with Gasteiger partial charge in [-0.1, -0.05) is 0 Å². The molecule has 148 valence electrons. The Morgan fingerprint density at radius 1 is 1.20 bits per heavy atom. The van der Waals surface area contributed by atoms with E-state index in [-0.39, 0.29) is 10.6 Å². The minimum atomic E-state index is -1.11. The Morgan fingerprint density at radius 2 is 2.07 bits per heavy atom. The van der Waals surface area contributed by atoms with E-state index in [1.165, 1.54) is 4.90 Å². The van der Waals surface area contributed by atoms with Crippen molar-refractivity contribution in [1.82, 2.24) is 15.0 Å². The van der Waals surface area contributed by atoms with Gasteiger partial charge in [0.25, 0.3) is 0 Å². The van der Waals surface area contributed by atoms with Crippen molar-refractivity contribution in [2.24, 2.45) is 0 Å². The van der Waals surface area contributed by atoms with Crippen LogP contribution in [0.5, 0.6) is 11.6 Å². The number of carbonyl (C=O) groups is 2. The summed E-state index contributed by atoms with van der Waals surface area (Å²) in [4.78, 5) is 39.3. The van der Waals surface area contributed by atoms with Gasteiger partial charge in [0.05, 0.1) is 34.3 Å². The lowest BCUT2D eigenvalue weighted by Crippen LogP contribution is -2.34. The topological polar surface area (TPSA) is 118 Å². The molecule has 0 fully saturated rings. The predicted octanol–water partition coefficient (Wildman–Crippen LogP) is 4.57. The van der Waals surface area contributed by atoms with Crippen LogP contribution in [0, 0.1) is 6.92 Å². The molecule has 10 heteroatoms. The average Bonchev–Trinajstić information content (AvgIpc) is 3.10. The monoisotopic (exact) mass is 419 g/mol. The summed E-state index contributed by atoms with van der Waals surface area (Å²) in [5.41, 5.74) is 1.93. The third-order valence-electron chi connectivity index (χ3n) is 4.57. The summed E-state index contributed by atoms with van der Waals surface area (Å²) in [6.07, 6.45) is 4.78. The van der Waals surface area contributed by atoms with Gasteiger partial charge in [-0.25, -0.2) is 19.6 Å². The molecule has 30 heavy (non-hydrogen) atoms. The zero-order chi connectivity index (χ0) is 20.8. The van der Waals surface area contributed by atoms with E-state index in [4.69, 9.17) is 4.74 Å². The molecule has 0 saturated heterocycles. The Labute approximate surface area is 173 Å². The number of nitrogens with zero attached hydrogens (tertiary/aromatic N) is 4. The smallest absolute Gasteiger partial charge is 0.348 e. The first-order chi connectivity index (χ1) is 14.5. The number of urea groups is 1. The van der Waals surface area contributed by atoms with E-state index in [0.29, 0.717) is 38.9 Å². The second-order valence-corrected chi connectivity index (χ2v) is 7.43. The minimum absolute atomic E-state index is 0.0491. The van der Waals surface area contributed by atoms with Crippen molar-refractivity contribution in [2.45, 2.75) is 6.92 Å². The molecule has 0 radical (unpaired) electrons. The van der Waals surface area contributed by atoms with Crippen LogP contribution in [0.25, 0.3) is 10.2 Å². The summed E-state index contributed by atoms with van der Waals surface area (Å²) < 4.78 is 5.71. The number of amides is 2. The van der Waals surface area contributed by atoms with Crippen LogP contribution in [0.3, 0.4) is 0 Å². The number of aryl methyl sites for hydroxylation is 1. The fourth-order valence-electron chi connectivity index (χ4n) is 3.33. The van der Waals surface area contributed by atoms with Crippen molar-refractivity contribution in [1.29, 1.82) is 0 Å². The number of hydrogen-bond acceptors (Lipinski definition) is 7. The number of hydrogen-bond donors (Lipinski definition) is 2. The summed E-state index contributed by atoms with van der Waals surface area (Å²) in [7, 11) is 0. The van der Waals surface area contributed by atoms with Crippen LogP contribution in [0.2, 0.25) is 0 Å². The normalized spacial score (nSPS) is 12.7. The largest absolute Gasteiger partial charge is 0.477 e. The molecular weight excluding hydrogens is 406 g/mol. The van der Waals surface area contributed by atoms with Crippen molar-refractivity contribution in [3.05, 3.63) is 59.5 Å². The highest BCUT2D eigenvalue weighted by Gasteiger charge is 2.33. The number of nitrogens with one attached hydrogen (secondary N) is 1. The fourth-order valence-corrected chi connectivity index (χ4v) is 4.28. The van der Waals surface area contributed by atoms with Crippen LogP contribution in [0.15, 0.2) is 48.9 Å². The first kappa shape index (κ1) is 18.0. The quantitative estimate of drug-likeness (QED) is 0.497. The van der Waals surface area contributed by atoms with E-state index in [9.17, 15) is 14.7 Å². The van der Waals surface area contributed by atoms with Crippen molar-refractivity contribution >= 4 is 50.6 Å². The number of carboxylic acid groups (broad SMARTS) is 1. The standard InChI is InChI=1S/C20H13N5O4S/c1-10-12(4-5-14(23-10)29-11-3-2-7-21-9-11)25-13-6-8-22-18-15(13)16(24-20(25)28)17(30-18)19(26)27/h2-9H,1H3,(H,24,28)(H,26,27). The molecule has 5 heterocycles. The zero-order valence-electron chi connectivity index (χ0n) is 15.5. The van der Waals surface area contributed by atoms with Gasteiger partial charge in [0.1, 0.15) is 15.5 Å². The van der Waals surface area contributed by atoms with Gasteiger partial charge in [0.2, 0.25) is 5.88 Å². The van der Waals surface area contributed by atoms with Gasteiger partial charge in [0, 0.05) is 18.5 Å². The van der Waals surface area contributed by atoms with Gasteiger partial charge in [-0.15, -0.1) is 11.3 Å². The molecule has 0 aromatic carbocycles. The second kappa shape index (κ2) is 6.78. The molecule has 0 unspecified atom stereocenters. The molecule has 5 rings (SSSR count). The molecule has 4 aromatic rings. The summed E-state index contributed by atoms with van der Waals surface area (Å²) in [5.74, 6) is -0.193. The van der Waals surface area contributed by atoms with Crippen LogP contribution in [-0.2, 0) is 0 Å². The number of anilines is 3. The number of thiophene rings is 1. The predicted molar refractivity (Wildman–Crippen MR) is 111 cm³/mol. The number of rotatable bonds is 4. The van der Waals surface area contributed by atoms with Crippen molar-refractivity contribution in [3.63, 3.8) is 0 Å². The Bertz CT molecular complexity index is 1320. The highest BCUT2D eigenvalue weighted by molar-refractivity contribution is 7.21. The summed E-state index contributed by atoms with van der Waals surface area (Å²) in [5, 5.41) is 12.8. The Morgan fingerprint density at radius 3 is 2.80 bits per heavy atom. The van der Waals surface area contributed by atoms with E-state index in [1.807, 2.05) is 0 Å². The van der Waals surface area contributed by atoms with Crippen molar-refractivity contribution in [3.8, 4) is 11.6 Å². The zero-order valence-corrected chi connectivity index (χ0v) is 16.3. The molecule has 0 saturated carbocycles. The highest BCUT2D eigenvalue weighted by atomic mass is 32.1. The summed E-state index contributed by atoms with van der Waals surface area (Å²) in [6, 6.07) is 8.13.